The van der Waals surface area contributed by atoms with E-state index in [1.807, 2.05) is 0 Å². The van der Waals surface area contributed by atoms with E-state index in [2.05, 4.69) is 5.32 Å². The van der Waals surface area contributed by atoms with Gasteiger partial charge in [0.05, 0.1) is 13.2 Å². The Labute approximate surface area is 125 Å². The molecule has 0 aliphatic heterocycles. The number of carbonyl (C=O) groups excluding carboxylic acids is 1. The van der Waals surface area contributed by atoms with Gasteiger partial charge in [-0.3, -0.25) is 4.79 Å². The number of methoxy groups -OCH3 is 1. The number of aliphatic hydroxyl groups is 1. The molecule has 0 saturated heterocycles. The van der Waals surface area contributed by atoms with E-state index in [1.54, 1.807) is 31.4 Å². The summed E-state index contributed by atoms with van der Waals surface area (Å²) in [6.07, 6.45) is 3.92. The van der Waals surface area contributed by atoms with Crippen molar-refractivity contribution in [1.29, 1.82) is 0 Å². The van der Waals surface area contributed by atoms with E-state index in [0.717, 1.165) is 37.1 Å². The fraction of sp³-hybridized carbons (Fsp3) is 0.562. The lowest BCUT2D eigenvalue weighted by atomic mass is 9.88. The van der Waals surface area contributed by atoms with Crippen LogP contribution < -0.4 is 10.1 Å². The number of amides is 1. The summed E-state index contributed by atoms with van der Waals surface area (Å²) < 4.78 is 10.7. The van der Waals surface area contributed by atoms with Crippen molar-refractivity contribution < 1.29 is 19.4 Å². The number of benzene rings is 1. The summed E-state index contributed by atoms with van der Waals surface area (Å²) in [5, 5.41) is 11.9. The standard InChI is InChI=1S/C16H23NO4/c1-20-14-8-4-13(5-9-14)17-16(19)11-21-15-6-2-12(10-18)3-7-15/h4-5,8-9,12,15,18H,2-3,6-7,10-11H2,1H3,(H,17,19). The fourth-order valence-corrected chi connectivity index (χ4v) is 2.55. The number of nitrogens with one attached hydrogen (secondary N) is 1. The Bertz CT molecular complexity index is 438. The molecule has 0 bridgehead atoms. The van der Waals surface area contributed by atoms with Crippen LogP contribution in [0.25, 0.3) is 0 Å². The Kier molecular flexibility index (Phi) is 6.02. The number of carbonyl (C=O) groups is 1. The van der Waals surface area contributed by atoms with Crippen LogP contribution in [0.15, 0.2) is 24.3 Å². The highest BCUT2D eigenvalue weighted by Gasteiger charge is 2.21. The van der Waals surface area contributed by atoms with Crippen molar-refractivity contribution in [1.82, 2.24) is 0 Å². The molecule has 1 saturated carbocycles. The average Bonchev–Trinajstić information content (AvgIpc) is 2.54. The van der Waals surface area contributed by atoms with Crippen molar-refractivity contribution >= 4 is 11.6 Å². The second-order valence-electron chi connectivity index (χ2n) is 5.41. The summed E-state index contributed by atoms with van der Waals surface area (Å²) in [4.78, 5) is 11.8. The Morgan fingerprint density at radius 3 is 2.48 bits per heavy atom. The molecule has 1 fully saturated rings. The van der Waals surface area contributed by atoms with Crippen LogP contribution in [0.5, 0.6) is 5.75 Å². The van der Waals surface area contributed by atoms with Crippen molar-refractivity contribution in [2.75, 3.05) is 25.6 Å². The van der Waals surface area contributed by atoms with Crippen LogP contribution in [0.4, 0.5) is 5.69 Å². The molecule has 2 rings (SSSR count). The second-order valence-corrected chi connectivity index (χ2v) is 5.41. The maximum Gasteiger partial charge on any atom is 0.250 e. The molecular weight excluding hydrogens is 270 g/mol. The molecule has 5 nitrogen and oxygen atoms in total. The van der Waals surface area contributed by atoms with Gasteiger partial charge in [0, 0.05) is 12.3 Å². The lowest BCUT2D eigenvalue weighted by Gasteiger charge is -2.27. The molecule has 5 heteroatoms. The average molecular weight is 293 g/mol. The van der Waals surface area contributed by atoms with Crippen molar-refractivity contribution in [2.24, 2.45) is 5.92 Å². The zero-order valence-corrected chi connectivity index (χ0v) is 12.4. The molecule has 0 spiro atoms. The van der Waals surface area contributed by atoms with Gasteiger partial charge in [-0.25, -0.2) is 0 Å². The van der Waals surface area contributed by atoms with E-state index in [9.17, 15) is 4.79 Å². The number of aliphatic hydroxyl groups excluding tert-OH is 1. The minimum atomic E-state index is -0.149. The Morgan fingerprint density at radius 1 is 1.24 bits per heavy atom. The molecule has 0 atom stereocenters. The topological polar surface area (TPSA) is 67.8 Å². The molecule has 1 aliphatic carbocycles. The summed E-state index contributed by atoms with van der Waals surface area (Å²) in [5.41, 5.74) is 0.730. The van der Waals surface area contributed by atoms with Gasteiger partial charge < -0.3 is 19.9 Å². The van der Waals surface area contributed by atoms with Gasteiger partial charge in [0.25, 0.3) is 0 Å². The molecule has 1 amide bonds. The maximum atomic E-state index is 11.8. The van der Waals surface area contributed by atoms with E-state index >= 15 is 0 Å². The van der Waals surface area contributed by atoms with Crippen LogP contribution in [0.2, 0.25) is 0 Å². The molecule has 116 valence electrons. The van der Waals surface area contributed by atoms with Gasteiger partial charge in [0.2, 0.25) is 5.91 Å². The van der Waals surface area contributed by atoms with Crippen LogP contribution >= 0.6 is 0 Å². The predicted molar refractivity (Wildman–Crippen MR) is 80.4 cm³/mol. The summed E-state index contributed by atoms with van der Waals surface area (Å²) in [6.45, 7) is 0.325. The highest BCUT2D eigenvalue weighted by Crippen LogP contribution is 2.25. The van der Waals surface area contributed by atoms with Gasteiger partial charge in [-0.1, -0.05) is 0 Å². The minimum Gasteiger partial charge on any atom is -0.497 e. The normalized spacial score (nSPS) is 21.8. The van der Waals surface area contributed by atoms with Crippen LogP contribution in [0.3, 0.4) is 0 Å². The molecule has 21 heavy (non-hydrogen) atoms. The zero-order valence-electron chi connectivity index (χ0n) is 12.4. The molecular formula is C16H23NO4. The van der Waals surface area contributed by atoms with E-state index in [0.29, 0.717) is 5.92 Å². The molecule has 1 aromatic carbocycles. The lowest BCUT2D eigenvalue weighted by molar-refractivity contribution is -0.123. The Morgan fingerprint density at radius 2 is 1.90 bits per heavy atom. The molecule has 1 aromatic rings. The van der Waals surface area contributed by atoms with Gasteiger partial charge in [0.15, 0.2) is 0 Å². The third kappa shape index (κ3) is 5.02. The number of rotatable bonds is 6. The molecule has 0 aromatic heterocycles. The zero-order chi connectivity index (χ0) is 15.1. The summed E-state index contributed by atoms with van der Waals surface area (Å²) >= 11 is 0. The van der Waals surface area contributed by atoms with E-state index in [1.165, 1.54) is 0 Å². The number of ether oxygens (including phenoxy) is 2. The molecule has 0 unspecified atom stereocenters. The quantitative estimate of drug-likeness (QED) is 0.844. The van der Waals surface area contributed by atoms with Gasteiger partial charge in [0.1, 0.15) is 12.4 Å². The highest BCUT2D eigenvalue weighted by molar-refractivity contribution is 5.91. The van der Waals surface area contributed by atoms with Crippen molar-refractivity contribution in [3.05, 3.63) is 24.3 Å². The van der Waals surface area contributed by atoms with Gasteiger partial charge in [-0.05, 0) is 55.9 Å². The van der Waals surface area contributed by atoms with Crippen molar-refractivity contribution in [3.63, 3.8) is 0 Å². The fourth-order valence-electron chi connectivity index (χ4n) is 2.55. The van der Waals surface area contributed by atoms with Gasteiger partial charge in [-0.15, -0.1) is 0 Å². The SMILES string of the molecule is COc1ccc(NC(=O)COC2CCC(CO)CC2)cc1. The first-order chi connectivity index (χ1) is 10.2. The van der Waals surface area contributed by atoms with Crippen LogP contribution in [0, 0.1) is 5.92 Å². The number of hydrogen-bond acceptors (Lipinski definition) is 4. The van der Waals surface area contributed by atoms with Crippen LogP contribution in [-0.2, 0) is 9.53 Å². The first-order valence-electron chi connectivity index (χ1n) is 7.37. The summed E-state index contributed by atoms with van der Waals surface area (Å²) in [5.74, 6) is 1.01. The van der Waals surface area contributed by atoms with Crippen LogP contribution in [0.1, 0.15) is 25.7 Å². The number of anilines is 1. The van der Waals surface area contributed by atoms with E-state index < -0.39 is 0 Å². The first-order valence-corrected chi connectivity index (χ1v) is 7.37. The van der Waals surface area contributed by atoms with Crippen molar-refractivity contribution in [3.8, 4) is 5.75 Å². The lowest BCUT2D eigenvalue weighted by Crippen LogP contribution is -2.27. The molecule has 1 aliphatic rings. The first kappa shape index (κ1) is 15.8. The predicted octanol–water partition coefficient (Wildman–Crippen LogP) is 2.20. The Hall–Kier alpha value is -1.59. The van der Waals surface area contributed by atoms with E-state index in [4.69, 9.17) is 14.6 Å². The second kappa shape index (κ2) is 8.00. The summed E-state index contributed by atoms with van der Waals surface area (Å²) in [6, 6.07) is 7.19. The number of hydrogen-bond donors (Lipinski definition) is 2. The van der Waals surface area contributed by atoms with Crippen LogP contribution in [-0.4, -0.2) is 37.4 Å². The monoisotopic (exact) mass is 293 g/mol. The third-order valence-electron chi connectivity index (χ3n) is 3.88. The highest BCUT2D eigenvalue weighted by atomic mass is 16.5. The van der Waals surface area contributed by atoms with Gasteiger partial charge in [-0.2, -0.15) is 0 Å². The Balaban J connectivity index is 1.69. The minimum absolute atomic E-state index is 0.0699. The van der Waals surface area contributed by atoms with Gasteiger partial charge >= 0.3 is 0 Å². The molecule has 2 N–H and O–H groups in total. The molecule has 0 radical (unpaired) electrons. The van der Waals surface area contributed by atoms with E-state index in [-0.39, 0.29) is 25.2 Å². The smallest absolute Gasteiger partial charge is 0.250 e. The third-order valence-corrected chi connectivity index (χ3v) is 3.88. The molecule has 0 heterocycles. The maximum absolute atomic E-state index is 11.8. The largest absolute Gasteiger partial charge is 0.497 e. The summed E-state index contributed by atoms with van der Waals surface area (Å²) in [7, 11) is 1.60. The van der Waals surface area contributed by atoms with Crippen molar-refractivity contribution in [2.45, 2.75) is 31.8 Å².